The van der Waals surface area contributed by atoms with Crippen molar-refractivity contribution in [2.75, 3.05) is 16.8 Å². The zero-order valence-electron chi connectivity index (χ0n) is 17.6. The predicted octanol–water partition coefficient (Wildman–Crippen LogP) is 3.38. The zero-order valence-corrected chi connectivity index (χ0v) is 18.4. The summed E-state index contributed by atoms with van der Waals surface area (Å²) in [6.07, 6.45) is 3.03. The first-order chi connectivity index (χ1) is 14.4. The molecule has 0 radical (unpaired) electrons. The maximum absolute atomic E-state index is 13.0. The Kier molecular flexibility index (Phi) is 5.85. The first-order valence-electron chi connectivity index (χ1n) is 10.4. The fourth-order valence-corrected chi connectivity index (χ4v) is 4.87. The summed E-state index contributed by atoms with van der Waals surface area (Å²) in [6, 6.07) is 10.1. The third-order valence-electron chi connectivity index (χ3n) is 5.42. The van der Waals surface area contributed by atoms with Gasteiger partial charge in [0, 0.05) is 26.1 Å². The minimum Gasteiger partial charge on any atom is -0.353 e. The fraction of sp³-hybridized carbons (Fsp3) is 0.455. The van der Waals surface area contributed by atoms with Gasteiger partial charge in [0.1, 0.15) is 0 Å². The Balaban J connectivity index is 1.57. The van der Waals surface area contributed by atoms with Gasteiger partial charge in [0.25, 0.3) is 5.56 Å². The molecule has 8 heteroatoms. The highest BCUT2D eigenvalue weighted by atomic mass is 32.1. The van der Waals surface area contributed by atoms with Gasteiger partial charge in [0.05, 0.1) is 6.04 Å². The number of fused-ring (bicyclic) bond motifs is 1. The lowest BCUT2D eigenvalue weighted by molar-refractivity contribution is -0.120. The van der Waals surface area contributed by atoms with Crippen molar-refractivity contribution in [3.63, 3.8) is 0 Å². The number of anilines is 2. The van der Waals surface area contributed by atoms with Crippen molar-refractivity contribution in [3.8, 4) is 0 Å². The molecule has 0 saturated carbocycles. The van der Waals surface area contributed by atoms with Crippen LogP contribution < -0.4 is 15.8 Å². The zero-order chi connectivity index (χ0) is 21.3. The minimum atomic E-state index is -0.175. The van der Waals surface area contributed by atoms with E-state index in [2.05, 4.69) is 32.3 Å². The van der Waals surface area contributed by atoms with Crippen molar-refractivity contribution in [1.29, 1.82) is 0 Å². The second-order valence-electron chi connectivity index (χ2n) is 8.05. The number of Topliss-reactive ketones (excluding diaryl/α,β-unsaturated/α-hetero) is 1. The summed E-state index contributed by atoms with van der Waals surface area (Å²) in [5.41, 5.74) is 1.37. The molecular weight excluding hydrogens is 398 g/mol. The monoisotopic (exact) mass is 425 g/mol. The Morgan fingerprint density at radius 3 is 2.77 bits per heavy atom. The highest BCUT2D eigenvalue weighted by Crippen LogP contribution is 2.32. The average molecular weight is 426 g/mol. The predicted molar refractivity (Wildman–Crippen MR) is 122 cm³/mol. The third-order valence-corrected chi connectivity index (χ3v) is 6.41. The number of carbonyl (C=O) groups excluding carboxylic acids is 1. The molecule has 30 heavy (non-hydrogen) atoms. The molecule has 0 aliphatic carbocycles. The summed E-state index contributed by atoms with van der Waals surface area (Å²) in [5.74, 6) is 0.772. The van der Waals surface area contributed by atoms with E-state index >= 15 is 0 Å². The normalized spacial score (nSPS) is 16.5. The molecule has 0 unspecified atom stereocenters. The number of nitrogens with one attached hydrogen (secondary N) is 1. The van der Waals surface area contributed by atoms with E-state index in [9.17, 15) is 9.59 Å². The van der Waals surface area contributed by atoms with Crippen LogP contribution >= 0.6 is 11.3 Å². The molecule has 1 saturated heterocycles. The molecule has 7 nitrogen and oxygen atoms in total. The van der Waals surface area contributed by atoms with E-state index in [0.717, 1.165) is 25.8 Å². The molecular formula is C22H27N5O2S. The highest BCUT2D eigenvalue weighted by Gasteiger charge is 2.32. The van der Waals surface area contributed by atoms with Crippen LogP contribution in [0, 0.1) is 0 Å². The minimum absolute atomic E-state index is 0.165. The molecule has 1 atom stereocenters. The number of hydrogen-bond acceptors (Lipinski definition) is 7. The molecule has 1 aliphatic rings. The summed E-state index contributed by atoms with van der Waals surface area (Å²) >= 11 is 1.39. The number of carbonyl (C=O) groups is 1. The number of ketones is 1. The van der Waals surface area contributed by atoms with Crippen LogP contribution in [0.25, 0.3) is 10.3 Å². The lowest BCUT2D eigenvalue weighted by Crippen LogP contribution is -2.36. The number of benzene rings is 1. The van der Waals surface area contributed by atoms with Gasteiger partial charge in [0.15, 0.2) is 21.3 Å². The number of aromatic nitrogens is 3. The van der Waals surface area contributed by atoms with Crippen LogP contribution in [-0.2, 0) is 18.3 Å². The Labute approximate surface area is 179 Å². The van der Waals surface area contributed by atoms with Gasteiger partial charge in [0.2, 0.25) is 5.95 Å². The second kappa shape index (κ2) is 8.55. The van der Waals surface area contributed by atoms with Gasteiger partial charge < -0.3 is 10.2 Å². The highest BCUT2D eigenvalue weighted by molar-refractivity contribution is 7.21. The molecule has 4 rings (SSSR count). The average Bonchev–Trinajstić information content (AvgIpc) is 3.37. The quantitative estimate of drug-likeness (QED) is 0.625. The van der Waals surface area contributed by atoms with Crippen LogP contribution in [-0.4, -0.2) is 38.9 Å². The molecule has 1 aromatic carbocycles. The summed E-state index contributed by atoms with van der Waals surface area (Å²) in [4.78, 5) is 37.6. The van der Waals surface area contributed by atoms with Crippen LogP contribution in [0.4, 0.5) is 11.1 Å². The summed E-state index contributed by atoms with van der Waals surface area (Å²) in [5, 5.41) is 3.92. The van der Waals surface area contributed by atoms with Crippen molar-refractivity contribution < 1.29 is 4.79 Å². The van der Waals surface area contributed by atoms with E-state index in [4.69, 9.17) is 0 Å². The summed E-state index contributed by atoms with van der Waals surface area (Å²) in [7, 11) is 1.70. The van der Waals surface area contributed by atoms with Crippen LogP contribution in [0.15, 0.2) is 35.1 Å². The summed E-state index contributed by atoms with van der Waals surface area (Å²) < 4.78 is 1.50. The van der Waals surface area contributed by atoms with Crippen molar-refractivity contribution in [1.82, 2.24) is 14.5 Å². The first-order valence-corrected chi connectivity index (χ1v) is 11.2. The standard InChI is InChI=1S/C22H27N5O2S/c1-14(2)23-21-25-19-18(20(29)26(21)3)24-22(30-19)27-13-7-10-16(27)17(28)12-11-15-8-5-4-6-9-15/h4-6,8-9,14,16H,7,10-13H2,1-3H3,(H,23,25)/t16-/m1/s1. The van der Waals surface area contributed by atoms with Crippen molar-refractivity contribution >= 4 is 38.5 Å². The van der Waals surface area contributed by atoms with E-state index < -0.39 is 0 Å². The Hall–Kier alpha value is -2.74. The lowest BCUT2D eigenvalue weighted by atomic mass is 10.0. The molecule has 158 valence electrons. The van der Waals surface area contributed by atoms with Crippen molar-refractivity contribution in [2.24, 2.45) is 7.05 Å². The first kappa shape index (κ1) is 20.5. The smallest absolute Gasteiger partial charge is 0.282 e. The van der Waals surface area contributed by atoms with Crippen LogP contribution in [0.5, 0.6) is 0 Å². The molecule has 0 bridgehead atoms. The van der Waals surface area contributed by atoms with E-state index in [0.29, 0.717) is 27.8 Å². The lowest BCUT2D eigenvalue weighted by Gasteiger charge is -2.22. The van der Waals surface area contributed by atoms with Crippen LogP contribution in [0.2, 0.25) is 0 Å². The molecule has 2 aromatic heterocycles. The van der Waals surface area contributed by atoms with Gasteiger partial charge >= 0.3 is 0 Å². The fourth-order valence-electron chi connectivity index (χ4n) is 3.86. The molecule has 3 heterocycles. The van der Waals surface area contributed by atoms with Gasteiger partial charge in [-0.3, -0.25) is 14.2 Å². The maximum Gasteiger partial charge on any atom is 0.282 e. The largest absolute Gasteiger partial charge is 0.353 e. The molecule has 3 aromatic rings. The van der Waals surface area contributed by atoms with Crippen molar-refractivity contribution in [3.05, 3.63) is 46.2 Å². The number of hydrogen-bond donors (Lipinski definition) is 1. The number of rotatable bonds is 7. The molecule has 0 amide bonds. The third kappa shape index (κ3) is 4.09. The molecule has 1 fully saturated rings. The van der Waals surface area contributed by atoms with Crippen molar-refractivity contribution in [2.45, 2.75) is 51.6 Å². The van der Waals surface area contributed by atoms with E-state index in [1.807, 2.05) is 32.0 Å². The van der Waals surface area contributed by atoms with Gasteiger partial charge in [-0.05, 0) is 38.7 Å². The second-order valence-corrected chi connectivity index (χ2v) is 9.01. The van der Waals surface area contributed by atoms with Crippen LogP contribution in [0.1, 0.15) is 38.7 Å². The Morgan fingerprint density at radius 1 is 1.27 bits per heavy atom. The topological polar surface area (TPSA) is 80.1 Å². The van der Waals surface area contributed by atoms with Gasteiger partial charge in [-0.25, -0.2) is 9.97 Å². The SMILES string of the molecule is CC(C)Nc1nc2sc(N3CCC[C@@H]3C(=O)CCc3ccccc3)nc2c(=O)n1C. The Morgan fingerprint density at radius 2 is 2.03 bits per heavy atom. The summed E-state index contributed by atoms with van der Waals surface area (Å²) in [6.45, 7) is 4.79. The van der Waals surface area contributed by atoms with E-state index in [1.54, 1.807) is 7.05 Å². The number of nitrogens with zero attached hydrogens (tertiary/aromatic N) is 4. The number of aryl methyl sites for hydroxylation is 1. The van der Waals surface area contributed by atoms with Crippen LogP contribution in [0.3, 0.4) is 0 Å². The maximum atomic E-state index is 13.0. The molecule has 1 N–H and O–H groups in total. The Bertz CT molecular complexity index is 1110. The van der Waals surface area contributed by atoms with Gasteiger partial charge in [-0.1, -0.05) is 41.7 Å². The van der Waals surface area contributed by atoms with E-state index in [-0.39, 0.29) is 23.4 Å². The molecule has 1 aliphatic heterocycles. The van der Waals surface area contributed by atoms with E-state index in [1.165, 1.54) is 21.5 Å². The number of thiazole rings is 1. The van der Waals surface area contributed by atoms with Gasteiger partial charge in [-0.15, -0.1) is 0 Å². The van der Waals surface area contributed by atoms with Gasteiger partial charge in [-0.2, -0.15) is 0 Å². The molecule has 0 spiro atoms.